The summed E-state index contributed by atoms with van der Waals surface area (Å²) in [4.78, 5) is 0.239. The van der Waals surface area contributed by atoms with E-state index in [1.54, 1.807) is 24.3 Å². The Kier molecular flexibility index (Phi) is 15.4. The summed E-state index contributed by atoms with van der Waals surface area (Å²) in [6.45, 7) is 11.1. The maximum Gasteiger partial charge on any atom is 0.296 e. The molecular formula is C23H42O4S. The molecular weight excluding hydrogens is 372 g/mol. The first-order chi connectivity index (χ1) is 13.3. The van der Waals surface area contributed by atoms with Crippen molar-refractivity contribution in [3.05, 3.63) is 29.8 Å². The van der Waals surface area contributed by atoms with E-state index in [1.165, 1.54) is 19.3 Å². The standard InChI is InChI=1S/C15H24O3S.C8H18O/c1-4-6-7-14(5-2)12-18-19(16,17)15-10-8-13(3)9-11-15;1-3-5-6-8(4-2)7-9/h8-11,14H,4-7,12H2,1-3H3;8-9H,3-7H2,1-2H3. The van der Waals surface area contributed by atoms with E-state index < -0.39 is 10.1 Å². The predicted molar refractivity (Wildman–Crippen MR) is 118 cm³/mol. The van der Waals surface area contributed by atoms with Crippen LogP contribution in [-0.4, -0.2) is 26.7 Å². The van der Waals surface area contributed by atoms with Crippen molar-refractivity contribution >= 4 is 10.1 Å². The number of aliphatic hydroxyl groups excluding tert-OH is 1. The summed E-state index contributed by atoms with van der Waals surface area (Å²) in [5.41, 5.74) is 1.04. The third kappa shape index (κ3) is 11.8. The summed E-state index contributed by atoms with van der Waals surface area (Å²) in [5, 5.41) is 8.75. The molecule has 2 unspecified atom stereocenters. The normalized spacial score (nSPS) is 13.5. The minimum absolute atomic E-state index is 0.239. The molecule has 1 N–H and O–H groups in total. The van der Waals surface area contributed by atoms with E-state index in [-0.39, 0.29) is 11.5 Å². The van der Waals surface area contributed by atoms with E-state index >= 15 is 0 Å². The smallest absolute Gasteiger partial charge is 0.296 e. The van der Waals surface area contributed by atoms with Crippen LogP contribution < -0.4 is 0 Å². The second-order valence-electron chi connectivity index (χ2n) is 7.57. The van der Waals surface area contributed by atoms with Gasteiger partial charge in [0.05, 0.1) is 11.5 Å². The Bertz CT molecular complexity index is 577. The molecule has 0 aliphatic rings. The third-order valence-electron chi connectivity index (χ3n) is 5.11. The number of unbranched alkanes of at least 4 members (excludes halogenated alkanes) is 2. The lowest BCUT2D eigenvalue weighted by molar-refractivity contribution is 0.212. The maximum atomic E-state index is 12.0. The minimum Gasteiger partial charge on any atom is -0.396 e. The van der Waals surface area contributed by atoms with Crippen LogP contribution in [0.1, 0.15) is 84.6 Å². The van der Waals surface area contributed by atoms with Crippen LogP contribution in [-0.2, 0) is 14.3 Å². The fourth-order valence-electron chi connectivity index (χ4n) is 2.77. The largest absolute Gasteiger partial charge is 0.396 e. The molecule has 1 rings (SSSR count). The summed E-state index contributed by atoms with van der Waals surface area (Å²) in [7, 11) is -3.61. The Morgan fingerprint density at radius 1 is 0.893 bits per heavy atom. The molecule has 1 aromatic rings. The lowest BCUT2D eigenvalue weighted by Gasteiger charge is -2.14. The highest BCUT2D eigenvalue weighted by Gasteiger charge is 2.17. The van der Waals surface area contributed by atoms with Crippen LogP contribution in [0, 0.1) is 18.8 Å². The molecule has 0 radical (unpaired) electrons. The predicted octanol–water partition coefficient (Wildman–Crippen LogP) is 6.11. The molecule has 0 aliphatic heterocycles. The zero-order valence-corrected chi connectivity index (χ0v) is 19.4. The molecule has 28 heavy (non-hydrogen) atoms. The third-order valence-corrected chi connectivity index (χ3v) is 6.41. The van der Waals surface area contributed by atoms with Gasteiger partial charge in [-0.05, 0) is 43.7 Å². The van der Waals surface area contributed by atoms with Crippen LogP contribution in [0.25, 0.3) is 0 Å². The SMILES string of the molecule is CCCCC(CC)CO.CCCCC(CC)COS(=O)(=O)c1ccc(C)cc1. The van der Waals surface area contributed by atoms with Gasteiger partial charge in [-0.25, -0.2) is 0 Å². The molecule has 0 saturated heterocycles. The second-order valence-corrected chi connectivity index (χ2v) is 9.18. The number of aliphatic hydroxyl groups is 1. The van der Waals surface area contributed by atoms with Gasteiger partial charge in [0, 0.05) is 6.61 Å². The summed E-state index contributed by atoms with van der Waals surface area (Å²) in [6, 6.07) is 6.75. The Balaban J connectivity index is 0.000000684. The molecule has 0 amide bonds. The fourth-order valence-corrected chi connectivity index (χ4v) is 3.75. The molecule has 1 aromatic carbocycles. The topological polar surface area (TPSA) is 63.6 Å². The van der Waals surface area contributed by atoms with Crippen LogP contribution >= 0.6 is 0 Å². The molecule has 2 atom stereocenters. The van der Waals surface area contributed by atoms with Gasteiger partial charge in [0.2, 0.25) is 0 Å². The van der Waals surface area contributed by atoms with Gasteiger partial charge in [0.25, 0.3) is 10.1 Å². The Morgan fingerprint density at radius 2 is 1.39 bits per heavy atom. The number of rotatable bonds is 13. The first-order valence-corrected chi connectivity index (χ1v) is 12.3. The highest BCUT2D eigenvalue weighted by Crippen LogP contribution is 2.18. The van der Waals surface area contributed by atoms with Gasteiger partial charge in [-0.2, -0.15) is 8.42 Å². The van der Waals surface area contributed by atoms with Gasteiger partial charge >= 0.3 is 0 Å². The maximum absolute atomic E-state index is 12.0. The van der Waals surface area contributed by atoms with Crippen molar-refractivity contribution in [2.24, 2.45) is 11.8 Å². The van der Waals surface area contributed by atoms with Gasteiger partial charge in [0.15, 0.2) is 0 Å². The van der Waals surface area contributed by atoms with Gasteiger partial charge in [-0.15, -0.1) is 0 Å². The van der Waals surface area contributed by atoms with E-state index in [4.69, 9.17) is 9.29 Å². The summed E-state index contributed by atoms with van der Waals surface area (Å²) in [5.74, 6) is 0.880. The van der Waals surface area contributed by atoms with E-state index in [0.717, 1.165) is 37.7 Å². The number of hydrogen-bond acceptors (Lipinski definition) is 4. The van der Waals surface area contributed by atoms with Crippen molar-refractivity contribution in [1.29, 1.82) is 0 Å². The average Bonchev–Trinajstić information content (AvgIpc) is 2.70. The first-order valence-electron chi connectivity index (χ1n) is 10.9. The quantitative estimate of drug-likeness (QED) is 0.395. The molecule has 0 heterocycles. The van der Waals surface area contributed by atoms with Crippen molar-refractivity contribution in [3.8, 4) is 0 Å². The van der Waals surface area contributed by atoms with Gasteiger partial charge in [-0.3, -0.25) is 4.18 Å². The summed E-state index contributed by atoms with van der Waals surface area (Å²) >= 11 is 0. The van der Waals surface area contributed by atoms with Gasteiger partial charge < -0.3 is 5.11 Å². The van der Waals surface area contributed by atoms with Crippen LogP contribution in [0.4, 0.5) is 0 Å². The second kappa shape index (κ2) is 15.9. The van der Waals surface area contributed by atoms with E-state index in [1.807, 2.05) is 6.92 Å². The van der Waals surface area contributed by atoms with E-state index in [2.05, 4.69) is 27.7 Å². The van der Waals surface area contributed by atoms with Crippen LogP contribution in [0.2, 0.25) is 0 Å². The van der Waals surface area contributed by atoms with Crippen LogP contribution in [0.15, 0.2) is 29.2 Å². The van der Waals surface area contributed by atoms with Crippen LogP contribution in [0.5, 0.6) is 0 Å². The fraction of sp³-hybridized carbons (Fsp3) is 0.739. The monoisotopic (exact) mass is 414 g/mol. The highest BCUT2D eigenvalue weighted by atomic mass is 32.2. The van der Waals surface area contributed by atoms with Crippen molar-refractivity contribution in [2.45, 2.75) is 90.9 Å². The molecule has 0 aliphatic carbocycles. The van der Waals surface area contributed by atoms with Gasteiger partial charge in [0.1, 0.15) is 0 Å². The lowest BCUT2D eigenvalue weighted by atomic mass is 10.0. The molecule has 164 valence electrons. The molecule has 0 aromatic heterocycles. The molecule has 0 saturated carbocycles. The van der Waals surface area contributed by atoms with Crippen molar-refractivity contribution in [3.63, 3.8) is 0 Å². The molecule has 0 fully saturated rings. The Morgan fingerprint density at radius 3 is 1.82 bits per heavy atom. The summed E-state index contributed by atoms with van der Waals surface area (Å²) in [6.07, 6.45) is 9.04. The summed E-state index contributed by atoms with van der Waals surface area (Å²) < 4.78 is 29.2. The van der Waals surface area contributed by atoms with Crippen LogP contribution in [0.3, 0.4) is 0 Å². The highest BCUT2D eigenvalue weighted by molar-refractivity contribution is 7.86. The molecule has 0 bridgehead atoms. The number of hydrogen-bond donors (Lipinski definition) is 1. The van der Waals surface area contributed by atoms with Gasteiger partial charge in [-0.1, -0.05) is 83.9 Å². The average molecular weight is 415 g/mol. The zero-order valence-electron chi connectivity index (χ0n) is 18.6. The van der Waals surface area contributed by atoms with Crippen molar-refractivity contribution in [2.75, 3.05) is 13.2 Å². The zero-order chi connectivity index (χ0) is 21.4. The Labute approximate surface area is 173 Å². The molecule has 5 heteroatoms. The molecule has 0 spiro atoms. The first kappa shape index (κ1) is 27.1. The van der Waals surface area contributed by atoms with Crippen molar-refractivity contribution < 1.29 is 17.7 Å². The van der Waals surface area contributed by atoms with E-state index in [0.29, 0.717) is 18.4 Å². The van der Waals surface area contributed by atoms with Crippen molar-refractivity contribution in [1.82, 2.24) is 0 Å². The molecule has 4 nitrogen and oxygen atoms in total. The lowest BCUT2D eigenvalue weighted by Crippen LogP contribution is -2.14. The number of benzene rings is 1. The van der Waals surface area contributed by atoms with E-state index in [9.17, 15) is 8.42 Å². The minimum atomic E-state index is -3.61. The Hall–Kier alpha value is -0.910. The number of aryl methyl sites for hydroxylation is 1.